The van der Waals surface area contributed by atoms with Gasteiger partial charge in [-0.2, -0.15) is 8.78 Å². The van der Waals surface area contributed by atoms with Gasteiger partial charge in [0.05, 0.1) is 17.1 Å². The number of aliphatic hydroxyl groups excluding tert-OH is 1. The normalized spacial score (nSPS) is 19.9. The van der Waals surface area contributed by atoms with Crippen LogP contribution < -0.4 is 4.74 Å². The van der Waals surface area contributed by atoms with Gasteiger partial charge in [-0.25, -0.2) is 4.98 Å². The second-order valence-electron chi connectivity index (χ2n) is 5.66. The summed E-state index contributed by atoms with van der Waals surface area (Å²) in [5.74, 6) is 0.661. The highest BCUT2D eigenvalue weighted by molar-refractivity contribution is 9.10. The molecule has 1 aromatic heterocycles. The Labute approximate surface area is 144 Å². The lowest BCUT2D eigenvalue weighted by atomic mass is 10.0. The number of hydrogen-bond acceptors (Lipinski definition) is 3. The van der Waals surface area contributed by atoms with Crippen LogP contribution in [0.1, 0.15) is 30.0 Å². The standard InChI is InChI=1S/C17H13BrF2N2O2/c18-9-5-6-11-13(7-9)22-12(8-14(23)16(22)21-11)10-3-1-2-4-15(10)24-17(19)20/h1-7,12,14,17,23H,8H2/t12-,14?/m1/s1. The molecule has 1 aliphatic rings. The number of nitrogens with zero attached hydrogens (tertiary/aromatic N) is 2. The van der Waals surface area contributed by atoms with E-state index >= 15 is 0 Å². The van der Waals surface area contributed by atoms with Gasteiger partial charge in [-0.1, -0.05) is 34.1 Å². The summed E-state index contributed by atoms with van der Waals surface area (Å²) in [7, 11) is 0. The molecule has 0 spiro atoms. The van der Waals surface area contributed by atoms with Crippen LogP contribution in [0.25, 0.3) is 11.0 Å². The summed E-state index contributed by atoms with van der Waals surface area (Å²) in [4.78, 5) is 4.48. The Kier molecular flexibility index (Phi) is 3.77. The maximum atomic E-state index is 12.7. The summed E-state index contributed by atoms with van der Waals surface area (Å²) >= 11 is 3.44. The van der Waals surface area contributed by atoms with Crippen molar-refractivity contribution >= 4 is 27.0 Å². The van der Waals surface area contributed by atoms with Crippen molar-refractivity contribution in [1.82, 2.24) is 9.55 Å². The summed E-state index contributed by atoms with van der Waals surface area (Å²) in [6, 6.07) is 12.0. The van der Waals surface area contributed by atoms with Gasteiger partial charge in [-0.05, 0) is 24.3 Å². The minimum absolute atomic E-state index is 0.120. The summed E-state index contributed by atoms with van der Waals surface area (Å²) in [5.41, 5.74) is 2.20. The van der Waals surface area contributed by atoms with Gasteiger partial charge >= 0.3 is 6.61 Å². The molecule has 24 heavy (non-hydrogen) atoms. The van der Waals surface area contributed by atoms with E-state index in [1.807, 2.05) is 22.8 Å². The molecule has 1 N–H and O–H groups in total. The molecule has 2 heterocycles. The monoisotopic (exact) mass is 394 g/mol. The fourth-order valence-electron chi connectivity index (χ4n) is 3.29. The van der Waals surface area contributed by atoms with E-state index in [2.05, 4.69) is 25.7 Å². The Hall–Kier alpha value is -1.99. The van der Waals surface area contributed by atoms with Crippen molar-refractivity contribution in [3.8, 4) is 5.75 Å². The van der Waals surface area contributed by atoms with E-state index in [1.165, 1.54) is 6.07 Å². The van der Waals surface area contributed by atoms with Gasteiger partial charge in [0.2, 0.25) is 0 Å². The molecule has 0 saturated heterocycles. The third kappa shape index (κ3) is 2.48. The van der Waals surface area contributed by atoms with Gasteiger partial charge in [-0.15, -0.1) is 0 Å². The lowest BCUT2D eigenvalue weighted by Crippen LogP contribution is -2.10. The highest BCUT2D eigenvalue weighted by Crippen LogP contribution is 2.44. The SMILES string of the molecule is OC1C[C@H](c2ccccc2OC(F)F)n2c1nc1ccc(Br)cc12. The van der Waals surface area contributed by atoms with Crippen molar-refractivity contribution in [3.05, 3.63) is 58.3 Å². The average molecular weight is 395 g/mol. The number of alkyl halides is 2. The number of hydrogen-bond donors (Lipinski definition) is 1. The fraction of sp³-hybridized carbons (Fsp3) is 0.235. The van der Waals surface area contributed by atoms with Crippen LogP contribution in [0, 0.1) is 0 Å². The second kappa shape index (κ2) is 5.82. The van der Waals surface area contributed by atoms with E-state index in [0.29, 0.717) is 17.8 Å². The van der Waals surface area contributed by atoms with Gasteiger partial charge in [0.1, 0.15) is 17.7 Å². The van der Waals surface area contributed by atoms with E-state index in [0.717, 1.165) is 15.5 Å². The number of aliphatic hydroxyl groups is 1. The molecule has 4 nitrogen and oxygen atoms in total. The van der Waals surface area contributed by atoms with Gasteiger partial charge in [-0.3, -0.25) is 0 Å². The van der Waals surface area contributed by atoms with Gasteiger partial charge in [0, 0.05) is 16.5 Å². The summed E-state index contributed by atoms with van der Waals surface area (Å²) in [5, 5.41) is 10.4. The van der Waals surface area contributed by atoms with Gasteiger partial charge < -0.3 is 14.4 Å². The summed E-state index contributed by atoms with van der Waals surface area (Å²) < 4.78 is 32.9. The minimum Gasteiger partial charge on any atom is -0.434 e. The zero-order valence-electron chi connectivity index (χ0n) is 12.4. The molecular weight excluding hydrogens is 382 g/mol. The predicted octanol–water partition coefficient (Wildman–Crippen LogP) is 4.43. The van der Waals surface area contributed by atoms with Crippen molar-refractivity contribution < 1.29 is 18.6 Å². The molecule has 0 saturated carbocycles. The van der Waals surface area contributed by atoms with E-state index in [-0.39, 0.29) is 11.8 Å². The van der Waals surface area contributed by atoms with Crippen LogP contribution in [0.15, 0.2) is 46.9 Å². The third-order valence-electron chi connectivity index (χ3n) is 4.23. The number of para-hydroxylation sites is 1. The van der Waals surface area contributed by atoms with Crippen molar-refractivity contribution in [2.24, 2.45) is 0 Å². The number of aromatic nitrogens is 2. The number of fused-ring (bicyclic) bond motifs is 3. The Morgan fingerprint density at radius 1 is 1.25 bits per heavy atom. The van der Waals surface area contributed by atoms with Crippen LogP contribution in [0.4, 0.5) is 8.78 Å². The fourth-order valence-corrected chi connectivity index (χ4v) is 3.64. The Morgan fingerprint density at radius 3 is 2.83 bits per heavy atom. The Morgan fingerprint density at radius 2 is 2.04 bits per heavy atom. The number of ether oxygens (including phenoxy) is 1. The number of benzene rings is 2. The van der Waals surface area contributed by atoms with Gasteiger partial charge in [0.15, 0.2) is 0 Å². The lowest BCUT2D eigenvalue weighted by molar-refractivity contribution is -0.0507. The first kappa shape index (κ1) is 15.5. The van der Waals surface area contributed by atoms with Crippen molar-refractivity contribution in [2.45, 2.75) is 25.2 Å². The molecule has 2 atom stereocenters. The quantitative estimate of drug-likeness (QED) is 0.714. The molecule has 0 fully saturated rings. The average Bonchev–Trinajstić information content (AvgIpc) is 3.05. The van der Waals surface area contributed by atoms with Crippen LogP contribution in [-0.2, 0) is 0 Å². The van der Waals surface area contributed by atoms with Crippen LogP contribution in [-0.4, -0.2) is 21.3 Å². The zero-order chi connectivity index (χ0) is 16.8. The second-order valence-corrected chi connectivity index (χ2v) is 6.57. The summed E-state index contributed by atoms with van der Waals surface area (Å²) in [6.07, 6.45) is -0.380. The lowest BCUT2D eigenvalue weighted by Gasteiger charge is -2.18. The maximum absolute atomic E-state index is 12.7. The van der Waals surface area contributed by atoms with Gasteiger partial charge in [0.25, 0.3) is 0 Å². The number of imidazole rings is 1. The molecule has 0 radical (unpaired) electrons. The molecular formula is C17H13BrF2N2O2. The minimum atomic E-state index is -2.90. The largest absolute Gasteiger partial charge is 0.434 e. The molecule has 1 unspecified atom stereocenters. The molecule has 0 bridgehead atoms. The van der Waals surface area contributed by atoms with E-state index in [4.69, 9.17) is 0 Å². The van der Waals surface area contributed by atoms with Crippen LogP contribution in [0.2, 0.25) is 0 Å². The number of rotatable bonds is 3. The maximum Gasteiger partial charge on any atom is 0.387 e. The van der Waals surface area contributed by atoms with Crippen LogP contribution in [0.3, 0.4) is 0 Å². The highest BCUT2D eigenvalue weighted by atomic mass is 79.9. The molecule has 0 aliphatic carbocycles. The van der Waals surface area contributed by atoms with Crippen molar-refractivity contribution in [1.29, 1.82) is 0 Å². The molecule has 7 heteroatoms. The molecule has 2 aromatic carbocycles. The molecule has 3 aromatic rings. The van der Waals surface area contributed by atoms with Crippen LogP contribution >= 0.6 is 15.9 Å². The van der Waals surface area contributed by atoms with Crippen molar-refractivity contribution in [2.75, 3.05) is 0 Å². The van der Waals surface area contributed by atoms with E-state index < -0.39 is 12.7 Å². The Bertz CT molecular complexity index is 913. The summed E-state index contributed by atoms with van der Waals surface area (Å²) in [6.45, 7) is -2.90. The predicted molar refractivity (Wildman–Crippen MR) is 88.2 cm³/mol. The smallest absolute Gasteiger partial charge is 0.387 e. The zero-order valence-corrected chi connectivity index (χ0v) is 14.0. The molecule has 124 valence electrons. The first-order valence-electron chi connectivity index (χ1n) is 7.44. The topological polar surface area (TPSA) is 47.3 Å². The highest BCUT2D eigenvalue weighted by Gasteiger charge is 2.35. The molecule has 0 amide bonds. The van der Waals surface area contributed by atoms with E-state index in [1.54, 1.807) is 18.2 Å². The first-order chi connectivity index (χ1) is 11.5. The third-order valence-corrected chi connectivity index (χ3v) is 4.72. The van der Waals surface area contributed by atoms with Crippen molar-refractivity contribution in [3.63, 3.8) is 0 Å². The Balaban J connectivity index is 1.89. The van der Waals surface area contributed by atoms with Crippen LogP contribution in [0.5, 0.6) is 5.75 Å². The molecule has 1 aliphatic heterocycles. The van der Waals surface area contributed by atoms with E-state index in [9.17, 15) is 13.9 Å². The molecule has 4 rings (SSSR count). The first-order valence-corrected chi connectivity index (χ1v) is 8.23. The number of halogens is 3.